The monoisotopic (exact) mass is 300 g/mol. The van der Waals surface area contributed by atoms with Crippen molar-refractivity contribution in [3.8, 4) is 0 Å². The van der Waals surface area contributed by atoms with E-state index in [9.17, 15) is 4.39 Å². The van der Waals surface area contributed by atoms with Crippen LogP contribution in [0.25, 0.3) is 0 Å². The summed E-state index contributed by atoms with van der Waals surface area (Å²) in [4.78, 5) is 0. The molecule has 0 bridgehead atoms. The van der Waals surface area contributed by atoms with Crippen molar-refractivity contribution in [3.63, 3.8) is 0 Å². The van der Waals surface area contributed by atoms with Crippen LogP contribution in [0.1, 0.15) is 27.2 Å². The summed E-state index contributed by atoms with van der Waals surface area (Å²) in [5, 5.41) is 0.733. The Balaban J connectivity index is 2.44. The van der Waals surface area contributed by atoms with Gasteiger partial charge in [-0.05, 0) is 11.6 Å². The first kappa shape index (κ1) is 12.9. The van der Waals surface area contributed by atoms with Gasteiger partial charge in [-0.2, -0.15) is 0 Å². The first-order chi connectivity index (χ1) is 7.93. The van der Waals surface area contributed by atoms with Crippen molar-refractivity contribution in [2.45, 2.75) is 27.2 Å². The van der Waals surface area contributed by atoms with Gasteiger partial charge in [0.05, 0.1) is 6.61 Å². The molecule has 1 aliphatic heterocycles. The Kier molecular flexibility index (Phi) is 3.48. The van der Waals surface area contributed by atoms with Gasteiger partial charge in [0.15, 0.2) is 0 Å². The van der Waals surface area contributed by atoms with Gasteiger partial charge in [0, 0.05) is 28.7 Å². The lowest BCUT2D eigenvalue weighted by Gasteiger charge is -2.22. The number of alkyl halides is 1. The molecular weight excluding hydrogens is 283 g/mol. The van der Waals surface area contributed by atoms with Gasteiger partial charge in [0.1, 0.15) is 11.6 Å². The van der Waals surface area contributed by atoms with Gasteiger partial charge in [0.2, 0.25) is 0 Å². The molecule has 0 spiro atoms. The average molecular weight is 301 g/mol. The fourth-order valence-electron chi connectivity index (χ4n) is 2.23. The molecule has 0 amide bonds. The van der Waals surface area contributed by atoms with Gasteiger partial charge >= 0.3 is 0 Å². The van der Waals surface area contributed by atoms with Gasteiger partial charge in [-0.3, -0.25) is 0 Å². The minimum Gasteiger partial charge on any atom is -0.496 e. The molecule has 0 saturated heterocycles. The molecule has 1 unspecified atom stereocenters. The van der Waals surface area contributed by atoms with E-state index in [1.807, 2.05) is 6.92 Å². The highest BCUT2D eigenvalue weighted by Crippen LogP contribution is 2.38. The smallest absolute Gasteiger partial charge is 0.104 e. The molecule has 0 saturated carbocycles. The third-order valence-electron chi connectivity index (χ3n) is 3.22. The Morgan fingerprint density at radius 2 is 2.24 bits per heavy atom. The van der Waals surface area contributed by atoms with E-state index in [2.05, 4.69) is 35.9 Å². The molecule has 1 atom stereocenters. The van der Waals surface area contributed by atoms with Crippen molar-refractivity contribution in [3.05, 3.63) is 34.9 Å². The maximum Gasteiger partial charge on any atom is 0.104 e. The lowest BCUT2D eigenvalue weighted by Crippen LogP contribution is -2.16. The summed E-state index contributed by atoms with van der Waals surface area (Å²) >= 11 is 3.48. The molecule has 0 radical (unpaired) electrons. The van der Waals surface area contributed by atoms with Gasteiger partial charge < -0.3 is 4.74 Å². The van der Waals surface area contributed by atoms with Crippen LogP contribution in [-0.4, -0.2) is 11.9 Å². The van der Waals surface area contributed by atoms with E-state index < -0.39 is 0 Å². The van der Waals surface area contributed by atoms with E-state index in [1.54, 1.807) is 6.08 Å². The molecule has 94 valence electrons. The molecule has 2 aliphatic rings. The van der Waals surface area contributed by atoms with Crippen LogP contribution in [0.5, 0.6) is 0 Å². The van der Waals surface area contributed by atoms with Gasteiger partial charge in [0.25, 0.3) is 0 Å². The predicted octanol–water partition coefficient (Wildman–Crippen LogP) is 4.51. The van der Waals surface area contributed by atoms with Crippen molar-refractivity contribution in [2.24, 2.45) is 11.3 Å². The fraction of sp³-hybridized carbons (Fsp3) is 0.571. The Bertz CT molecular complexity index is 418. The summed E-state index contributed by atoms with van der Waals surface area (Å²) in [5.74, 6) is 0.834. The Morgan fingerprint density at radius 1 is 1.53 bits per heavy atom. The van der Waals surface area contributed by atoms with E-state index in [0.29, 0.717) is 13.0 Å². The molecule has 1 heterocycles. The summed E-state index contributed by atoms with van der Waals surface area (Å²) < 4.78 is 19.6. The Morgan fingerprint density at radius 3 is 2.88 bits per heavy atom. The first-order valence-corrected chi connectivity index (χ1v) is 7.06. The highest BCUT2D eigenvalue weighted by Gasteiger charge is 2.29. The molecule has 1 aliphatic carbocycles. The molecule has 3 heteroatoms. The lowest BCUT2D eigenvalue weighted by molar-refractivity contribution is 0.133. The standard InChI is InChI=1S/C14H18BrFO/c1-9-4-13-11(5-12(9)16)10(7-15)6-14(2,3)8-17-13/h5-6,9H,4,7-8H2,1-3H3. The zero-order valence-electron chi connectivity index (χ0n) is 10.5. The quantitative estimate of drug-likeness (QED) is 0.647. The topological polar surface area (TPSA) is 9.23 Å². The minimum absolute atomic E-state index is 0.00595. The molecule has 1 nitrogen and oxygen atoms in total. The first-order valence-electron chi connectivity index (χ1n) is 5.94. The summed E-state index contributed by atoms with van der Waals surface area (Å²) in [6.45, 7) is 6.83. The average Bonchev–Trinajstić information content (AvgIpc) is 2.38. The number of ether oxygens (including phenoxy) is 1. The van der Waals surface area contributed by atoms with Crippen LogP contribution in [0, 0.1) is 11.3 Å². The normalized spacial score (nSPS) is 27.7. The van der Waals surface area contributed by atoms with Crippen molar-refractivity contribution in [1.82, 2.24) is 0 Å². The summed E-state index contributed by atoms with van der Waals surface area (Å²) in [5.41, 5.74) is 2.06. The number of hydrogen-bond acceptors (Lipinski definition) is 1. The zero-order valence-corrected chi connectivity index (χ0v) is 12.1. The number of halogens is 2. The second-order valence-corrected chi connectivity index (χ2v) is 6.11. The molecule has 17 heavy (non-hydrogen) atoms. The number of allylic oxidation sites excluding steroid dienone is 5. The van der Waals surface area contributed by atoms with Crippen LogP contribution in [0.4, 0.5) is 4.39 Å². The van der Waals surface area contributed by atoms with E-state index in [-0.39, 0.29) is 17.2 Å². The third-order valence-corrected chi connectivity index (χ3v) is 3.82. The van der Waals surface area contributed by atoms with Crippen molar-refractivity contribution < 1.29 is 9.13 Å². The summed E-state index contributed by atoms with van der Waals surface area (Å²) in [6.07, 6.45) is 4.49. The molecular formula is C14H18BrFO. The summed E-state index contributed by atoms with van der Waals surface area (Å²) in [7, 11) is 0. The van der Waals surface area contributed by atoms with E-state index in [0.717, 1.165) is 22.2 Å². The third kappa shape index (κ3) is 2.65. The number of hydrogen-bond donors (Lipinski definition) is 0. The second-order valence-electron chi connectivity index (χ2n) is 5.55. The van der Waals surface area contributed by atoms with Crippen LogP contribution in [0.2, 0.25) is 0 Å². The molecule has 0 fully saturated rings. The molecule has 0 aromatic heterocycles. The maximum atomic E-state index is 13.7. The highest BCUT2D eigenvalue weighted by atomic mass is 79.9. The van der Waals surface area contributed by atoms with Gasteiger partial charge in [-0.15, -0.1) is 0 Å². The van der Waals surface area contributed by atoms with E-state index >= 15 is 0 Å². The minimum atomic E-state index is -0.0634. The van der Waals surface area contributed by atoms with Crippen LogP contribution in [-0.2, 0) is 4.74 Å². The SMILES string of the molecule is CC1CC2=C(C=C1F)C(CBr)=CC(C)(C)CO2. The zero-order chi connectivity index (χ0) is 12.6. The van der Waals surface area contributed by atoms with Gasteiger partial charge in [-0.1, -0.05) is 42.8 Å². The molecule has 0 aromatic carbocycles. The lowest BCUT2D eigenvalue weighted by atomic mass is 9.88. The molecule has 2 rings (SSSR count). The summed E-state index contributed by atoms with van der Waals surface area (Å²) in [6, 6.07) is 0. The van der Waals surface area contributed by atoms with Crippen molar-refractivity contribution in [1.29, 1.82) is 0 Å². The van der Waals surface area contributed by atoms with E-state index in [4.69, 9.17) is 4.74 Å². The van der Waals surface area contributed by atoms with Crippen molar-refractivity contribution in [2.75, 3.05) is 11.9 Å². The number of rotatable bonds is 1. The highest BCUT2D eigenvalue weighted by molar-refractivity contribution is 9.09. The largest absolute Gasteiger partial charge is 0.496 e. The Labute approximate surface area is 111 Å². The fourth-order valence-corrected chi connectivity index (χ4v) is 2.69. The molecule has 0 N–H and O–H groups in total. The van der Waals surface area contributed by atoms with Gasteiger partial charge in [-0.25, -0.2) is 4.39 Å². The van der Waals surface area contributed by atoms with Crippen LogP contribution >= 0.6 is 15.9 Å². The predicted molar refractivity (Wildman–Crippen MR) is 71.6 cm³/mol. The maximum absolute atomic E-state index is 13.7. The van der Waals surface area contributed by atoms with Crippen LogP contribution in [0.3, 0.4) is 0 Å². The second kappa shape index (κ2) is 4.60. The van der Waals surface area contributed by atoms with Crippen LogP contribution < -0.4 is 0 Å². The van der Waals surface area contributed by atoms with Crippen molar-refractivity contribution >= 4 is 15.9 Å². The molecule has 0 aromatic rings. The van der Waals surface area contributed by atoms with Crippen LogP contribution in [0.15, 0.2) is 34.9 Å². The van der Waals surface area contributed by atoms with E-state index in [1.165, 1.54) is 0 Å². The Hall–Kier alpha value is -0.570.